The fourth-order valence-corrected chi connectivity index (χ4v) is 1.86. The molecule has 0 spiro atoms. The van der Waals surface area contributed by atoms with Crippen molar-refractivity contribution in [3.8, 4) is 5.88 Å². The van der Waals surface area contributed by atoms with Gasteiger partial charge in [-0.15, -0.1) is 0 Å². The van der Waals surface area contributed by atoms with Crippen molar-refractivity contribution in [2.45, 2.75) is 40.7 Å². The molecular weight excluding hydrogens is 240 g/mol. The number of pyridine rings is 1. The molecule has 108 valence electrons. The van der Waals surface area contributed by atoms with E-state index in [1.807, 2.05) is 6.92 Å². The van der Waals surface area contributed by atoms with Gasteiger partial charge in [-0.25, -0.2) is 4.98 Å². The second kappa shape index (κ2) is 8.88. The van der Waals surface area contributed by atoms with Crippen LogP contribution >= 0.6 is 0 Å². The molecule has 1 aromatic heterocycles. The van der Waals surface area contributed by atoms with Gasteiger partial charge >= 0.3 is 0 Å². The van der Waals surface area contributed by atoms with Crippen molar-refractivity contribution in [2.75, 3.05) is 26.4 Å². The Morgan fingerprint density at radius 2 is 1.95 bits per heavy atom. The lowest BCUT2D eigenvalue weighted by molar-refractivity contribution is 0.0985. The summed E-state index contributed by atoms with van der Waals surface area (Å²) >= 11 is 0. The maximum Gasteiger partial charge on any atom is 0.218 e. The number of rotatable bonds is 9. The van der Waals surface area contributed by atoms with E-state index in [1.165, 1.54) is 5.56 Å². The third kappa shape index (κ3) is 5.57. The average molecular weight is 266 g/mol. The van der Waals surface area contributed by atoms with Crippen molar-refractivity contribution in [3.63, 3.8) is 0 Å². The van der Waals surface area contributed by atoms with Crippen molar-refractivity contribution in [1.82, 2.24) is 10.3 Å². The molecule has 4 heteroatoms. The van der Waals surface area contributed by atoms with E-state index in [9.17, 15) is 0 Å². The Hall–Kier alpha value is -1.13. The van der Waals surface area contributed by atoms with Gasteiger partial charge in [-0.2, -0.15) is 0 Å². The summed E-state index contributed by atoms with van der Waals surface area (Å²) in [7, 11) is 0. The Morgan fingerprint density at radius 1 is 1.16 bits per heavy atom. The van der Waals surface area contributed by atoms with E-state index in [4.69, 9.17) is 9.47 Å². The summed E-state index contributed by atoms with van der Waals surface area (Å²) in [6.07, 6.45) is 1.04. The Kier molecular flexibility index (Phi) is 7.45. The summed E-state index contributed by atoms with van der Waals surface area (Å²) in [6, 6.07) is 2.09. The van der Waals surface area contributed by atoms with E-state index in [0.717, 1.165) is 43.3 Å². The Labute approximate surface area is 116 Å². The summed E-state index contributed by atoms with van der Waals surface area (Å²) in [4.78, 5) is 4.49. The highest BCUT2D eigenvalue weighted by molar-refractivity contribution is 5.35. The maximum atomic E-state index is 5.77. The van der Waals surface area contributed by atoms with Crippen LogP contribution in [0.15, 0.2) is 6.07 Å². The van der Waals surface area contributed by atoms with Gasteiger partial charge in [-0.05, 0) is 38.4 Å². The minimum atomic E-state index is 0.551. The first-order valence-corrected chi connectivity index (χ1v) is 7.07. The smallest absolute Gasteiger partial charge is 0.218 e. The molecule has 0 aliphatic rings. The van der Waals surface area contributed by atoms with Crippen molar-refractivity contribution in [1.29, 1.82) is 0 Å². The molecule has 0 atom stereocenters. The number of hydrogen-bond acceptors (Lipinski definition) is 4. The van der Waals surface area contributed by atoms with Crippen LogP contribution in [0.5, 0.6) is 5.88 Å². The predicted molar refractivity (Wildman–Crippen MR) is 77.7 cm³/mol. The van der Waals surface area contributed by atoms with Crippen LogP contribution in [-0.2, 0) is 11.3 Å². The number of aromatic nitrogens is 1. The van der Waals surface area contributed by atoms with E-state index in [2.05, 4.69) is 37.1 Å². The van der Waals surface area contributed by atoms with Gasteiger partial charge in [0.15, 0.2) is 0 Å². The highest BCUT2D eigenvalue weighted by Crippen LogP contribution is 2.20. The normalized spacial score (nSPS) is 10.7. The number of nitrogens with one attached hydrogen (secondary N) is 1. The summed E-state index contributed by atoms with van der Waals surface area (Å²) in [6.45, 7) is 12.0. The van der Waals surface area contributed by atoms with Crippen LogP contribution < -0.4 is 10.1 Å². The summed E-state index contributed by atoms with van der Waals surface area (Å²) in [5.41, 5.74) is 3.35. The minimum Gasteiger partial charge on any atom is -0.475 e. The first kappa shape index (κ1) is 15.9. The molecule has 0 amide bonds. The van der Waals surface area contributed by atoms with Crippen molar-refractivity contribution in [2.24, 2.45) is 0 Å². The molecule has 0 aromatic carbocycles. The molecule has 4 nitrogen and oxygen atoms in total. The third-order valence-corrected chi connectivity index (χ3v) is 2.80. The van der Waals surface area contributed by atoms with Gasteiger partial charge < -0.3 is 14.8 Å². The largest absolute Gasteiger partial charge is 0.475 e. The molecule has 0 radical (unpaired) electrons. The van der Waals surface area contributed by atoms with E-state index < -0.39 is 0 Å². The zero-order valence-electron chi connectivity index (χ0n) is 12.6. The van der Waals surface area contributed by atoms with E-state index in [0.29, 0.717) is 13.2 Å². The van der Waals surface area contributed by atoms with Gasteiger partial charge in [0, 0.05) is 24.4 Å². The molecule has 0 aliphatic carbocycles. The van der Waals surface area contributed by atoms with Crippen LogP contribution in [0.2, 0.25) is 0 Å². The molecule has 0 aliphatic heterocycles. The monoisotopic (exact) mass is 266 g/mol. The van der Waals surface area contributed by atoms with Crippen LogP contribution in [0.3, 0.4) is 0 Å². The van der Waals surface area contributed by atoms with Gasteiger partial charge in [0.25, 0.3) is 0 Å². The third-order valence-electron chi connectivity index (χ3n) is 2.80. The van der Waals surface area contributed by atoms with E-state index in [1.54, 1.807) is 0 Å². The Morgan fingerprint density at radius 3 is 2.63 bits per heavy atom. The first-order valence-electron chi connectivity index (χ1n) is 7.07. The molecule has 1 heterocycles. The fourth-order valence-electron chi connectivity index (χ4n) is 1.86. The van der Waals surface area contributed by atoms with E-state index >= 15 is 0 Å². The lowest BCUT2D eigenvalue weighted by Gasteiger charge is -2.14. The summed E-state index contributed by atoms with van der Waals surface area (Å²) in [5.74, 6) is 0.735. The fraction of sp³-hybridized carbons (Fsp3) is 0.667. The van der Waals surface area contributed by atoms with Crippen LogP contribution in [-0.4, -0.2) is 31.3 Å². The molecule has 0 saturated heterocycles. The Balaban J connectivity index is 2.62. The topological polar surface area (TPSA) is 43.4 Å². The number of aryl methyl sites for hydroxylation is 2. The number of hydrogen-bond donors (Lipinski definition) is 1. The molecule has 1 rings (SSSR count). The Bertz CT molecular complexity index is 381. The van der Waals surface area contributed by atoms with Crippen molar-refractivity contribution in [3.05, 3.63) is 22.9 Å². The molecule has 0 unspecified atom stereocenters. The van der Waals surface area contributed by atoms with Crippen LogP contribution in [0.25, 0.3) is 0 Å². The number of nitrogens with zero attached hydrogens (tertiary/aromatic N) is 1. The van der Waals surface area contributed by atoms with Gasteiger partial charge in [0.2, 0.25) is 5.88 Å². The molecular formula is C15H26N2O2. The SMILES string of the molecule is CCCOCCOc1nc(C)cc(C)c1CNCC. The standard InChI is InChI=1S/C15H26N2O2/c1-5-7-18-8-9-19-15-14(11-16-6-2)12(3)10-13(4)17-15/h10,16H,5-9,11H2,1-4H3. The van der Waals surface area contributed by atoms with Crippen molar-refractivity contribution < 1.29 is 9.47 Å². The highest BCUT2D eigenvalue weighted by atomic mass is 16.5. The first-order chi connectivity index (χ1) is 9.19. The van der Waals surface area contributed by atoms with Crippen LogP contribution in [0.4, 0.5) is 0 Å². The molecule has 1 N–H and O–H groups in total. The molecule has 0 fully saturated rings. The lowest BCUT2D eigenvalue weighted by Crippen LogP contribution is -2.16. The maximum absolute atomic E-state index is 5.77. The molecule has 1 aromatic rings. The van der Waals surface area contributed by atoms with Crippen LogP contribution in [0.1, 0.15) is 37.1 Å². The second-order valence-corrected chi connectivity index (χ2v) is 4.61. The average Bonchev–Trinajstić information content (AvgIpc) is 2.37. The highest BCUT2D eigenvalue weighted by Gasteiger charge is 2.09. The second-order valence-electron chi connectivity index (χ2n) is 4.61. The van der Waals surface area contributed by atoms with Gasteiger partial charge in [-0.3, -0.25) is 0 Å². The summed E-state index contributed by atoms with van der Waals surface area (Å²) < 4.78 is 11.2. The minimum absolute atomic E-state index is 0.551. The molecule has 19 heavy (non-hydrogen) atoms. The molecule has 0 saturated carbocycles. The predicted octanol–water partition coefficient (Wildman–Crippen LogP) is 2.61. The summed E-state index contributed by atoms with van der Waals surface area (Å²) in [5, 5.41) is 3.32. The van der Waals surface area contributed by atoms with Gasteiger partial charge in [0.05, 0.1) is 6.61 Å². The van der Waals surface area contributed by atoms with Crippen molar-refractivity contribution >= 4 is 0 Å². The number of ether oxygens (including phenoxy) is 2. The zero-order valence-corrected chi connectivity index (χ0v) is 12.6. The zero-order chi connectivity index (χ0) is 14.1. The van der Waals surface area contributed by atoms with E-state index in [-0.39, 0.29) is 0 Å². The van der Waals surface area contributed by atoms with Gasteiger partial charge in [0.1, 0.15) is 6.61 Å². The molecule has 0 bridgehead atoms. The van der Waals surface area contributed by atoms with Gasteiger partial charge in [-0.1, -0.05) is 13.8 Å². The lowest BCUT2D eigenvalue weighted by atomic mass is 10.1. The van der Waals surface area contributed by atoms with Crippen LogP contribution in [0, 0.1) is 13.8 Å². The quantitative estimate of drug-likeness (QED) is 0.698.